The van der Waals surface area contributed by atoms with Crippen molar-refractivity contribution >= 4 is 5.97 Å². The molecule has 0 unspecified atom stereocenters. The number of rotatable bonds is 18. The lowest BCUT2D eigenvalue weighted by Crippen LogP contribution is -2.12. The van der Waals surface area contributed by atoms with Crippen molar-refractivity contribution in [1.82, 2.24) is 0 Å². The molecule has 0 amide bonds. The van der Waals surface area contributed by atoms with Crippen LogP contribution in [0, 0.1) is 30.8 Å². The van der Waals surface area contributed by atoms with E-state index in [1.807, 2.05) is 12.1 Å². The van der Waals surface area contributed by atoms with Gasteiger partial charge in [-0.2, -0.15) is 0 Å². The van der Waals surface area contributed by atoms with Crippen molar-refractivity contribution in [1.29, 1.82) is 0 Å². The minimum atomic E-state index is -0.151. The van der Waals surface area contributed by atoms with Crippen molar-refractivity contribution in [3.8, 4) is 29.6 Å². The number of carbonyl (C=O) groups is 1. The first-order chi connectivity index (χ1) is 15.7. The van der Waals surface area contributed by atoms with Gasteiger partial charge in [-0.15, -0.1) is 0 Å². The van der Waals surface area contributed by atoms with Crippen LogP contribution in [0.4, 0.5) is 0 Å². The van der Waals surface area contributed by atoms with Gasteiger partial charge in [-0.05, 0) is 44.7 Å². The molecule has 0 atom stereocenters. The molecule has 0 saturated heterocycles. The van der Waals surface area contributed by atoms with Gasteiger partial charge < -0.3 is 18.9 Å². The Morgan fingerprint density at radius 2 is 1.47 bits per heavy atom. The summed E-state index contributed by atoms with van der Waals surface area (Å²) in [5.41, 5.74) is 1.25. The van der Waals surface area contributed by atoms with E-state index in [0.29, 0.717) is 26.2 Å². The fourth-order valence-corrected chi connectivity index (χ4v) is 2.92. The van der Waals surface area contributed by atoms with Crippen LogP contribution in [0.15, 0.2) is 24.3 Å². The lowest BCUT2D eigenvalue weighted by molar-refractivity contribution is -0.145. The molecule has 1 aromatic carbocycles. The molecule has 0 saturated carbocycles. The minimum absolute atomic E-state index is 0. The van der Waals surface area contributed by atoms with Crippen molar-refractivity contribution in [2.45, 2.75) is 71.6 Å². The van der Waals surface area contributed by atoms with Crippen LogP contribution < -0.4 is 4.74 Å². The predicted octanol–water partition coefficient (Wildman–Crippen LogP) is 6.68. The van der Waals surface area contributed by atoms with Gasteiger partial charge in [-0.25, -0.2) is 0 Å². The van der Waals surface area contributed by atoms with Crippen LogP contribution in [-0.4, -0.2) is 39.0 Å². The number of esters is 1. The van der Waals surface area contributed by atoms with Crippen LogP contribution in [0.3, 0.4) is 0 Å². The molecule has 5 nitrogen and oxygen atoms in total. The number of benzene rings is 1. The summed E-state index contributed by atoms with van der Waals surface area (Å²) in [6, 6.07) is 8.20. The number of unbranched alkanes of at least 4 members (excludes halogenated alkanes) is 7. The molecule has 1 aromatic rings. The van der Waals surface area contributed by atoms with E-state index in [0.717, 1.165) is 31.6 Å². The molecule has 0 N–H and O–H groups in total. The maximum atomic E-state index is 11.7. The van der Waals surface area contributed by atoms with Gasteiger partial charge in [-0.1, -0.05) is 62.1 Å². The molecule has 0 heterocycles. The minimum Gasteiger partial charge on any atom is -0.494 e. The maximum absolute atomic E-state index is 11.7. The Morgan fingerprint density at radius 1 is 0.812 bits per heavy atom. The van der Waals surface area contributed by atoms with Crippen LogP contribution in [-0.2, 0) is 19.0 Å². The van der Waals surface area contributed by atoms with E-state index in [2.05, 4.69) is 42.9 Å². The van der Waals surface area contributed by atoms with Crippen molar-refractivity contribution in [2.75, 3.05) is 33.0 Å². The maximum Gasteiger partial charge on any atom is 0.305 e. The van der Waals surface area contributed by atoms with Gasteiger partial charge >= 0.3 is 5.97 Å². The van der Waals surface area contributed by atoms with Crippen LogP contribution in [0.2, 0.25) is 0 Å². The van der Waals surface area contributed by atoms with Gasteiger partial charge in [-0.3, -0.25) is 4.79 Å². The summed E-state index contributed by atoms with van der Waals surface area (Å²) in [6.07, 6.45) is 12.1. The highest BCUT2D eigenvalue weighted by Gasteiger charge is 2.02. The van der Waals surface area contributed by atoms with Gasteiger partial charge in [0.1, 0.15) is 25.1 Å². The molecule has 5 heteroatoms. The van der Waals surface area contributed by atoms with E-state index >= 15 is 0 Å². The third-order valence-corrected chi connectivity index (χ3v) is 4.70. The summed E-state index contributed by atoms with van der Waals surface area (Å²) < 4.78 is 21.2. The summed E-state index contributed by atoms with van der Waals surface area (Å²) in [4.78, 5) is 11.7. The lowest BCUT2D eigenvalue weighted by atomic mass is 10.1. The Kier molecular flexibility index (Phi) is 17.4. The molecular weight excluding hydrogens is 404 g/mol. The molecule has 186 valence electrons. The molecule has 0 bridgehead atoms. The van der Waals surface area contributed by atoms with E-state index in [4.69, 9.17) is 18.9 Å². The average molecular weight is 453 g/mol. The second kappa shape index (κ2) is 20.3. The van der Waals surface area contributed by atoms with E-state index < -0.39 is 0 Å². The topological polar surface area (TPSA) is 54.0 Å². The summed E-state index contributed by atoms with van der Waals surface area (Å²) in [5, 5.41) is 0. The Labute approximate surface area is 201 Å². The van der Waals surface area contributed by atoms with Crippen LogP contribution in [0.1, 0.15) is 77.4 Å². The third-order valence-electron chi connectivity index (χ3n) is 4.70. The number of aryl methyl sites for hydroxylation is 1. The highest BCUT2D eigenvalue weighted by molar-refractivity contribution is 5.69. The van der Waals surface area contributed by atoms with E-state index in [1.165, 1.54) is 37.7 Å². The molecule has 0 spiro atoms. The molecule has 0 radical (unpaired) electrons. The highest BCUT2D eigenvalue weighted by atomic mass is 16.6. The Hall–Kier alpha value is -2.63. The molecule has 1 rings (SSSR count). The van der Waals surface area contributed by atoms with E-state index in [1.54, 1.807) is 6.92 Å². The zero-order valence-corrected chi connectivity index (χ0v) is 19.8. The van der Waals surface area contributed by atoms with Gasteiger partial charge in [0.05, 0.1) is 19.8 Å². The molecule has 0 aromatic heterocycles. The van der Waals surface area contributed by atoms with Crippen LogP contribution in [0.25, 0.3) is 0 Å². The number of ether oxygens (including phenoxy) is 4. The standard InChI is InChI=1S/C27H38O5.5H2/c1-3-4-12-19-29-21-22-30-23-24-32-27(28)14-11-9-7-5-6-8-10-13-20-31-26-17-15-25(2)16-18-26;;;;;/h15-18H,5-11,13-14,20-24H2,1-2H3;5*1H. The SMILES string of the molecule is CC#CC#COCCOCCOC(=O)CCCCCCCCCCOc1ccc(C)cc1.[HH].[HH].[HH].[HH].[HH]. The summed E-state index contributed by atoms with van der Waals surface area (Å²) in [5.74, 6) is 8.58. The fraction of sp³-hybridized carbons (Fsp3) is 0.593. The van der Waals surface area contributed by atoms with E-state index in [9.17, 15) is 4.79 Å². The number of carbonyl (C=O) groups excluding carboxylic acids is 1. The smallest absolute Gasteiger partial charge is 0.305 e. The first kappa shape index (κ1) is 27.4. The average Bonchev–Trinajstić information content (AvgIpc) is 2.80. The van der Waals surface area contributed by atoms with Crippen molar-refractivity contribution < 1.29 is 30.9 Å². The molecule has 32 heavy (non-hydrogen) atoms. The van der Waals surface area contributed by atoms with Crippen LogP contribution in [0.5, 0.6) is 5.75 Å². The quantitative estimate of drug-likeness (QED) is 0.141. The Morgan fingerprint density at radius 3 is 2.19 bits per heavy atom. The van der Waals surface area contributed by atoms with E-state index in [-0.39, 0.29) is 19.7 Å². The van der Waals surface area contributed by atoms with Crippen molar-refractivity contribution in [2.24, 2.45) is 0 Å². The fourth-order valence-electron chi connectivity index (χ4n) is 2.92. The molecule has 0 aliphatic rings. The molecule has 0 aliphatic carbocycles. The number of hydrogen-bond acceptors (Lipinski definition) is 5. The Balaban J connectivity index is -0.000000683. The highest BCUT2D eigenvalue weighted by Crippen LogP contribution is 2.13. The zero-order valence-electron chi connectivity index (χ0n) is 19.8. The van der Waals surface area contributed by atoms with Gasteiger partial charge in [0.2, 0.25) is 0 Å². The molecule has 0 fully saturated rings. The monoisotopic (exact) mass is 452 g/mol. The van der Waals surface area contributed by atoms with Crippen molar-refractivity contribution in [3.63, 3.8) is 0 Å². The number of hydrogen-bond donors (Lipinski definition) is 0. The predicted molar refractivity (Wildman–Crippen MR) is 138 cm³/mol. The molecule has 0 aliphatic heterocycles. The third kappa shape index (κ3) is 17.1. The Bertz CT molecular complexity index is 740. The van der Waals surface area contributed by atoms with Crippen LogP contribution >= 0.6 is 0 Å². The first-order valence-electron chi connectivity index (χ1n) is 11.7. The van der Waals surface area contributed by atoms with Gasteiger partial charge in [0.15, 0.2) is 0 Å². The largest absolute Gasteiger partial charge is 0.494 e. The summed E-state index contributed by atoms with van der Waals surface area (Å²) >= 11 is 0. The summed E-state index contributed by atoms with van der Waals surface area (Å²) in [6.45, 7) is 6.00. The van der Waals surface area contributed by atoms with Gasteiger partial charge in [0.25, 0.3) is 0 Å². The first-order valence-corrected chi connectivity index (χ1v) is 11.7. The second-order valence-corrected chi connectivity index (χ2v) is 7.52. The lowest BCUT2D eigenvalue weighted by Gasteiger charge is -2.07. The van der Waals surface area contributed by atoms with Crippen molar-refractivity contribution in [3.05, 3.63) is 29.8 Å². The summed E-state index contributed by atoms with van der Waals surface area (Å²) in [7, 11) is 0. The molecular formula is C27H48O5. The second-order valence-electron chi connectivity index (χ2n) is 7.52. The van der Waals surface area contributed by atoms with Gasteiger partial charge in [0, 0.05) is 19.5 Å². The zero-order chi connectivity index (χ0) is 23.1. The normalized spacial score (nSPS) is 9.81.